The molecule has 0 amide bonds. The Morgan fingerprint density at radius 3 is 1.66 bits per heavy atom. The number of hydrogen-bond acceptors (Lipinski definition) is 4. The zero-order chi connectivity index (χ0) is 40.3. The van der Waals surface area contributed by atoms with E-state index in [-0.39, 0.29) is 0 Å². The van der Waals surface area contributed by atoms with Crippen molar-refractivity contribution in [3.8, 4) is 11.1 Å². The van der Waals surface area contributed by atoms with E-state index in [0.29, 0.717) is 6.54 Å². The average Bonchev–Trinajstić information content (AvgIpc) is 3.88. The van der Waals surface area contributed by atoms with Crippen LogP contribution >= 0.6 is 0 Å². The molecule has 0 fully saturated rings. The molecule has 0 aliphatic rings. The molecule has 61 heavy (non-hydrogen) atoms. The highest BCUT2D eigenvalue weighted by Gasteiger charge is 2.20. The van der Waals surface area contributed by atoms with Crippen molar-refractivity contribution in [2.45, 2.75) is 6.54 Å². The molecule has 12 rings (SSSR count). The maximum Gasteiger partial charge on any atom is 0.136 e. The number of fused-ring (bicyclic) bond motifs is 9. The summed E-state index contributed by atoms with van der Waals surface area (Å²) >= 11 is 0. The first-order valence-electron chi connectivity index (χ1n) is 20.8. The van der Waals surface area contributed by atoms with E-state index >= 15 is 0 Å². The summed E-state index contributed by atoms with van der Waals surface area (Å²) < 4.78 is 12.6. The summed E-state index contributed by atoms with van der Waals surface area (Å²) in [5, 5.41) is 9.13. The molecule has 4 heteroatoms. The largest absolute Gasteiger partial charge is 0.456 e. The number of anilines is 5. The minimum atomic E-state index is 0.685. The van der Waals surface area contributed by atoms with Crippen LogP contribution in [0.3, 0.4) is 0 Å². The smallest absolute Gasteiger partial charge is 0.136 e. The highest BCUT2D eigenvalue weighted by molar-refractivity contribution is 6.17. The van der Waals surface area contributed by atoms with Gasteiger partial charge in [0.2, 0.25) is 0 Å². The van der Waals surface area contributed by atoms with Crippen LogP contribution < -0.4 is 9.80 Å². The molecule has 0 unspecified atom stereocenters. The maximum absolute atomic E-state index is 6.33. The lowest BCUT2D eigenvalue weighted by Gasteiger charge is -2.30. The number of hydrogen-bond donors (Lipinski definition) is 0. The molecule has 0 saturated heterocycles. The lowest BCUT2D eigenvalue weighted by Crippen LogP contribution is -2.18. The van der Waals surface area contributed by atoms with Crippen LogP contribution in [0.5, 0.6) is 0 Å². The van der Waals surface area contributed by atoms with Gasteiger partial charge >= 0.3 is 0 Å². The number of benzene rings is 10. The average molecular weight is 783 g/mol. The molecule has 288 valence electrons. The Labute approximate surface area is 352 Å². The molecule has 12 aromatic rings. The fourth-order valence-electron chi connectivity index (χ4n) is 9.17. The van der Waals surface area contributed by atoms with Crippen LogP contribution in [0.2, 0.25) is 0 Å². The summed E-state index contributed by atoms with van der Waals surface area (Å²) in [6.07, 6.45) is 0. The number of para-hydroxylation sites is 3. The topological polar surface area (TPSA) is 32.8 Å². The van der Waals surface area contributed by atoms with Crippen molar-refractivity contribution in [1.82, 2.24) is 0 Å². The van der Waals surface area contributed by atoms with Crippen molar-refractivity contribution in [2.75, 3.05) is 9.80 Å². The molecule has 0 N–H and O–H groups in total. The first-order chi connectivity index (χ1) is 30.2. The zero-order valence-corrected chi connectivity index (χ0v) is 33.2. The predicted molar refractivity (Wildman–Crippen MR) is 255 cm³/mol. The molecule has 10 aromatic carbocycles. The van der Waals surface area contributed by atoms with Gasteiger partial charge in [0.25, 0.3) is 0 Å². The Hall–Kier alpha value is -8.08. The number of nitrogens with zero attached hydrogens (tertiary/aromatic N) is 2. The van der Waals surface area contributed by atoms with E-state index in [1.54, 1.807) is 0 Å². The molecular weight excluding hydrogens is 745 g/mol. The van der Waals surface area contributed by atoms with Crippen LogP contribution in [0.1, 0.15) is 5.56 Å². The van der Waals surface area contributed by atoms with Crippen LogP contribution in [0.25, 0.3) is 76.5 Å². The summed E-state index contributed by atoms with van der Waals surface area (Å²) in [7, 11) is 0. The normalized spacial score (nSPS) is 11.7. The van der Waals surface area contributed by atoms with Crippen molar-refractivity contribution in [3.63, 3.8) is 0 Å². The van der Waals surface area contributed by atoms with Crippen molar-refractivity contribution in [2.24, 2.45) is 0 Å². The van der Waals surface area contributed by atoms with E-state index in [2.05, 4.69) is 204 Å². The van der Waals surface area contributed by atoms with Crippen LogP contribution in [-0.2, 0) is 6.54 Å². The third-order valence-electron chi connectivity index (χ3n) is 12.1. The van der Waals surface area contributed by atoms with Gasteiger partial charge < -0.3 is 18.6 Å². The van der Waals surface area contributed by atoms with Crippen molar-refractivity contribution in [1.29, 1.82) is 0 Å². The maximum atomic E-state index is 6.33. The molecular formula is C57H38N2O2. The van der Waals surface area contributed by atoms with Gasteiger partial charge in [-0.3, -0.25) is 0 Å². The van der Waals surface area contributed by atoms with Gasteiger partial charge in [0, 0.05) is 56.5 Å². The van der Waals surface area contributed by atoms with Crippen molar-refractivity contribution >= 4 is 93.9 Å². The highest BCUT2D eigenvalue weighted by atomic mass is 16.3. The molecule has 4 nitrogen and oxygen atoms in total. The molecule has 0 saturated carbocycles. The zero-order valence-electron chi connectivity index (χ0n) is 33.2. The Balaban J connectivity index is 1.05. The van der Waals surface area contributed by atoms with Gasteiger partial charge in [-0.15, -0.1) is 0 Å². The molecule has 2 aromatic heterocycles. The van der Waals surface area contributed by atoms with Crippen molar-refractivity contribution in [3.05, 3.63) is 224 Å². The molecule has 0 bridgehead atoms. The fourth-order valence-corrected chi connectivity index (χ4v) is 9.17. The van der Waals surface area contributed by atoms with E-state index in [1.165, 1.54) is 32.8 Å². The summed E-state index contributed by atoms with van der Waals surface area (Å²) in [5.41, 5.74) is 12.6. The third-order valence-corrected chi connectivity index (χ3v) is 12.1. The summed E-state index contributed by atoms with van der Waals surface area (Å²) in [6, 6.07) is 78.0. The standard InChI is InChI=1S/C57H38N2O2/c1-3-14-38(15-4-1)47-21-8-7-16-41(47)37-58(42-17-5-2-6-18-42)43-19-13-20-44(33-43)59(46-30-31-56-52(35-46)48-22-9-11-24-54(48)60-56)45-29-28-39-26-27-40-32-57-53(36-51(40)50(39)34-45)49-23-10-12-25-55(49)61-57/h1-36H,37H2. The van der Waals surface area contributed by atoms with E-state index < -0.39 is 0 Å². The molecule has 0 aliphatic carbocycles. The van der Waals surface area contributed by atoms with Crippen molar-refractivity contribution < 1.29 is 8.83 Å². The lowest BCUT2D eigenvalue weighted by molar-refractivity contribution is 0.668. The summed E-state index contributed by atoms with van der Waals surface area (Å²) in [5.74, 6) is 0. The van der Waals surface area contributed by atoms with Crippen LogP contribution in [0.4, 0.5) is 28.4 Å². The molecule has 0 atom stereocenters. The van der Waals surface area contributed by atoms with Crippen LogP contribution in [-0.4, -0.2) is 0 Å². The predicted octanol–water partition coefficient (Wildman–Crippen LogP) is 16.3. The quantitative estimate of drug-likeness (QED) is 0.144. The second-order valence-corrected chi connectivity index (χ2v) is 15.7. The van der Waals surface area contributed by atoms with Gasteiger partial charge in [-0.05, 0) is 123 Å². The Bertz CT molecular complexity index is 3590. The Morgan fingerprint density at radius 1 is 0.311 bits per heavy atom. The van der Waals surface area contributed by atoms with E-state index in [0.717, 1.165) is 77.7 Å². The fraction of sp³-hybridized carbons (Fsp3) is 0.0175. The SMILES string of the molecule is c1ccc(-c2ccccc2CN(c2ccccc2)c2cccc(N(c3ccc4ccc5cc6oc7ccccc7c6cc5c4c3)c3ccc4oc5ccccc5c4c3)c2)cc1. The third kappa shape index (κ3) is 6.08. The van der Waals surface area contributed by atoms with Gasteiger partial charge in [0.1, 0.15) is 22.3 Å². The Kier molecular flexibility index (Phi) is 8.20. The van der Waals surface area contributed by atoms with Gasteiger partial charge in [0.05, 0.1) is 0 Å². The van der Waals surface area contributed by atoms with E-state index in [1.807, 2.05) is 24.3 Å². The van der Waals surface area contributed by atoms with Gasteiger partial charge in [-0.25, -0.2) is 0 Å². The van der Waals surface area contributed by atoms with E-state index in [9.17, 15) is 0 Å². The minimum Gasteiger partial charge on any atom is -0.456 e. The second kappa shape index (κ2) is 14.3. The molecule has 0 radical (unpaired) electrons. The van der Waals surface area contributed by atoms with Gasteiger partial charge in [0.15, 0.2) is 0 Å². The summed E-state index contributed by atoms with van der Waals surface area (Å²) in [6.45, 7) is 0.685. The van der Waals surface area contributed by atoms with Gasteiger partial charge in [-0.2, -0.15) is 0 Å². The number of rotatable bonds is 8. The molecule has 0 aliphatic heterocycles. The Morgan fingerprint density at radius 2 is 0.852 bits per heavy atom. The first kappa shape index (κ1) is 34.9. The van der Waals surface area contributed by atoms with Gasteiger partial charge in [-0.1, -0.05) is 133 Å². The monoisotopic (exact) mass is 782 g/mol. The van der Waals surface area contributed by atoms with E-state index in [4.69, 9.17) is 8.83 Å². The summed E-state index contributed by atoms with van der Waals surface area (Å²) in [4.78, 5) is 4.81. The first-order valence-corrected chi connectivity index (χ1v) is 20.8. The molecule has 0 spiro atoms. The lowest BCUT2D eigenvalue weighted by atomic mass is 9.98. The minimum absolute atomic E-state index is 0.685. The number of furan rings is 2. The van der Waals surface area contributed by atoms with Crippen LogP contribution in [0, 0.1) is 0 Å². The van der Waals surface area contributed by atoms with Crippen LogP contribution in [0.15, 0.2) is 227 Å². The highest BCUT2D eigenvalue weighted by Crippen LogP contribution is 2.43. The molecule has 2 heterocycles. The second-order valence-electron chi connectivity index (χ2n) is 15.7.